The van der Waals surface area contributed by atoms with Crippen molar-refractivity contribution in [3.63, 3.8) is 0 Å². The van der Waals surface area contributed by atoms with Gasteiger partial charge in [0, 0.05) is 35.7 Å². The van der Waals surface area contributed by atoms with E-state index in [2.05, 4.69) is 0 Å². The third-order valence-corrected chi connectivity index (χ3v) is 5.64. The molecule has 0 saturated heterocycles. The van der Waals surface area contributed by atoms with Crippen LogP contribution in [0.25, 0.3) is 0 Å². The molecule has 0 unspecified atom stereocenters. The molecule has 0 heterocycles. The Balaban J connectivity index is 2.45. The number of nitro benzene ring substituents is 1. The largest absolute Gasteiger partial charge is 0.496 e. The second-order valence-electron chi connectivity index (χ2n) is 10.4. The normalized spacial score (nSPS) is 12.0. The van der Waals surface area contributed by atoms with Crippen LogP contribution >= 0.6 is 0 Å². The Morgan fingerprint density at radius 1 is 1.08 bits per heavy atom. The minimum absolute atomic E-state index is 0.0109. The van der Waals surface area contributed by atoms with Crippen LogP contribution in [0.5, 0.6) is 11.5 Å². The number of hydrogen-bond donors (Lipinski definition) is 1. The Bertz CT molecular complexity index is 1170. The Kier molecular flexibility index (Phi) is 10.8. The molecule has 0 aliphatic rings. The van der Waals surface area contributed by atoms with Crippen molar-refractivity contribution in [3.05, 3.63) is 63.7 Å². The predicted molar refractivity (Wildman–Crippen MR) is 144 cm³/mol. The first-order valence-electron chi connectivity index (χ1n) is 12.6. The van der Waals surface area contributed by atoms with Crippen molar-refractivity contribution in [1.29, 1.82) is 0 Å². The summed E-state index contributed by atoms with van der Waals surface area (Å²) in [5, 5.41) is 11.1. The van der Waals surface area contributed by atoms with Gasteiger partial charge in [-0.15, -0.1) is 0 Å². The minimum Gasteiger partial charge on any atom is -0.496 e. The highest BCUT2D eigenvalue weighted by Gasteiger charge is 2.36. The smallest absolute Gasteiger partial charge is 0.329 e. The van der Waals surface area contributed by atoms with Gasteiger partial charge in [-0.1, -0.05) is 13.8 Å². The molecule has 2 amide bonds. The number of amides is 2. The minimum atomic E-state index is -0.957. The monoisotopic (exact) mass is 543 g/mol. The zero-order valence-corrected chi connectivity index (χ0v) is 23.3. The number of nitro groups is 1. The average Bonchev–Trinajstić information content (AvgIpc) is 2.85. The van der Waals surface area contributed by atoms with E-state index in [4.69, 9.17) is 19.9 Å². The number of methoxy groups -OCH3 is 1. The molecule has 39 heavy (non-hydrogen) atoms. The molecular weight excluding hydrogens is 506 g/mol. The summed E-state index contributed by atoms with van der Waals surface area (Å²) in [6, 6.07) is 9.34. The molecule has 0 bridgehead atoms. The van der Waals surface area contributed by atoms with Gasteiger partial charge in [-0.2, -0.15) is 0 Å². The average molecular weight is 544 g/mol. The molecule has 2 aromatic carbocycles. The lowest BCUT2D eigenvalue weighted by Gasteiger charge is -2.35. The topological polar surface area (TPSA) is 151 Å². The quantitative estimate of drug-likeness (QED) is 0.170. The van der Waals surface area contributed by atoms with Crippen molar-refractivity contribution in [3.8, 4) is 11.5 Å². The van der Waals surface area contributed by atoms with E-state index in [1.54, 1.807) is 39.0 Å². The zero-order chi connectivity index (χ0) is 29.3. The molecule has 11 nitrogen and oxygen atoms in total. The molecule has 2 rings (SSSR count). The second kappa shape index (κ2) is 13.6. The molecule has 2 aromatic rings. The fraction of sp³-hybridized carbons (Fsp3) is 0.464. The van der Waals surface area contributed by atoms with Crippen molar-refractivity contribution >= 4 is 23.5 Å². The van der Waals surface area contributed by atoms with Crippen molar-refractivity contribution in [2.75, 3.05) is 13.7 Å². The van der Waals surface area contributed by atoms with Gasteiger partial charge in [-0.25, -0.2) is 4.79 Å². The van der Waals surface area contributed by atoms with Crippen LogP contribution in [-0.4, -0.2) is 53.0 Å². The van der Waals surface area contributed by atoms with Gasteiger partial charge in [-0.05, 0) is 57.4 Å². The van der Waals surface area contributed by atoms with Gasteiger partial charge in [0.1, 0.15) is 23.1 Å². The number of hydrogen-bond acceptors (Lipinski definition) is 8. The van der Waals surface area contributed by atoms with E-state index in [1.807, 2.05) is 13.8 Å². The standard InChI is InChI=1S/C28H37N3O8/c1-18(2)25(27(34)39-28(3,4)5)30(26(33)19-9-12-21(13-10-19)31(35)36)17-20-11-14-22(16-23(20)37-6)38-15-7-8-24(29)32/h9-14,16,18,25H,7-8,15,17H2,1-6H3,(H2,29,32)/t25-/m0/s1. The molecule has 0 aromatic heterocycles. The molecule has 0 radical (unpaired) electrons. The lowest BCUT2D eigenvalue weighted by Crippen LogP contribution is -2.49. The van der Waals surface area contributed by atoms with E-state index < -0.39 is 34.3 Å². The molecule has 1 atom stereocenters. The van der Waals surface area contributed by atoms with Gasteiger partial charge in [-0.3, -0.25) is 19.7 Å². The molecule has 2 N–H and O–H groups in total. The van der Waals surface area contributed by atoms with Gasteiger partial charge in [0.05, 0.1) is 25.2 Å². The summed E-state index contributed by atoms with van der Waals surface area (Å²) in [5.41, 5.74) is 5.01. The third kappa shape index (κ3) is 9.27. The Morgan fingerprint density at radius 3 is 2.23 bits per heavy atom. The molecule has 212 valence electrons. The van der Waals surface area contributed by atoms with Crippen molar-refractivity contribution in [1.82, 2.24) is 4.90 Å². The van der Waals surface area contributed by atoms with E-state index in [0.717, 1.165) is 0 Å². The molecule has 0 saturated carbocycles. The molecule has 0 fully saturated rings. The summed E-state index contributed by atoms with van der Waals surface area (Å²) in [4.78, 5) is 50.0. The molecular formula is C28H37N3O8. The number of nitrogens with two attached hydrogens (primary N) is 1. The van der Waals surface area contributed by atoms with Crippen LogP contribution in [0.4, 0.5) is 5.69 Å². The Morgan fingerprint density at radius 2 is 1.72 bits per heavy atom. The first kappa shape index (κ1) is 31.1. The fourth-order valence-electron chi connectivity index (χ4n) is 3.87. The first-order valence-corrected chi connectivity index (χ1v) is 12.6. The van der Waals surface area contributed by atoms with Crippen LogP contribution in [-0.2, 0) is 20.9 Å². The third-order valence-electron chi connectivity index (χ3n) is 5.64. The summed E-state index contributed by atoms with van der Waals surface area (Å²) >= 11 is 0. The highest BCUT2D eigenvalue weighted by atomic mass is 16.6. The molecule has 11 heteroatoms. The van der Waals surface area contributed by atoms with Gasteiger partial charge < -0.3 is 24.8 Å². The number of benzene rings is 2. The molecule has 0 aliphatic carbocycles. The lowest BCUT2D eigenvalue weighted by atomic mass is 9.99. The van der Waals surface area contributed by atoms with Crippen molar-refractivity contribution in [2.24, 2.45) is 11.7 Å². The highest BCUT2D eigenvalue weighted by Crippen LogP contribution is 2.29. The number of primary amides is 1. The van der Waals surface area contributed by atoms with Crippen LogP contribution in [0, 0.1) is 16.0 Å². The van der Waals surface area contributed by atoms with Crippen LogP contribution in [0.3, 0.4) is 0 Å². The van der Waals surface area contributed by atoms with Gasteiger partial charge in [0.25, 0.3) is 11.6 Å². The zero-order valence-electron chi connectivity index (χ0n) is 23.3. The van der Waals surface area contributed by atoms with Crippen LogP contribution < -0.4 is 15.2 Å². The fourth-order valence-corrected chi connectivity index (χ4v) is 3.87. The number of esters is 1. The molecule has 0 spiro atoms. The number of rotatable bonds is 13. The Hall–Kier alpha value is -4.15. The SMILES string of the molecule is COc1cc(OCCCC(N)=O)ccc1CN(C(=O)c1ccc([N+](=O)[O-])cc1)[C@H](C(=O)OC(C)(C)C)C(C)C. The summed E-state index contributed by atoms with van der Waals surface area (Å²) in [6.07, 6.45) is 0.666. The summed E-state index contributed by atoms with van der Waals surface area (Å²) < 4.78 is 16.9. The maximum atomic E-state index is 13.8. The van der Waals surface area contributed by atoms with Crippen LogP contribution in [0.2, 0.25) is 0 Å². The summed E-state index contributed by atoms with van der Waals surface area (Å²) in [7, 11) is 1.48. The number of carbonyl (C=O) groups is 3. The van der Waals surface area contributed by atoms with Crippen LogP contribution in [0.1, 0.15) is 63.4 Å². The van der Waals surface area contributed by atoms with Gasteiger partial charge >= 0.3 is 5.97 Å². The van der Waals surface area contributed by atoms with E-state index in [0.29, 0.717) is 23.5 Å². The lowest BCUT2D eigenvalue weighted by molar-refractivity contribution is -0.384. The van der Waals surface area contributed by atoms with Crippen molar-refractivity contribution < 1.29 is 33.5 Å². The number of ether oxygens (including phenoxy) is 3. The van der Waals surface area contributed by atoms with E-state index >= 15 is 0 Å². The summed E-state index contributed by atoms with van der Waals surface area (Å²) in [5.74, 6) is -0.865. The highest BCUT2D eigenvalue weighted by molar-refractivity contribution is 5.97. The second-order valence-corrected chi connectivity index (χ2v) is 10.4. The first-order chi connectivity index (χ1) is 18.2. The van der Waals surface area contributed by atoms with E-state index in [-0.39, 0.29) is 36.7 Å². The van der Waals surface area contributed by atoms with Gasteiger partial charge in [0.2, 0.25) is 5.91 Å². The summed E-state index contributed by atoms with van der Waals surface area (Å²) in [6.45, 7) is 9.13. The maximum absolute atomic E-state index is 13.8. The number of carbonyl (C=O) groups excluding carboxylic acids is 3. The Labute approximate surface area is 228 Å². The molecule has 0 aliphatic heterocycles. The van der Waals surface area contributed by atoms with Gasteiger partial charge in [0.15, 0.2) is 0 Å². The van der Waals surface area contributed by atoms with Crippen LogP contribution in [0.15, 0.2) is 42.5 Å². The number of nitrogens with zero attached hydrogens (tertiary/aromatic N) is 2. The maximum Gasteiger partial charge on any atom is 0.329 e. The van der Waals surface area contributed by atoms with E-state index in [9.17, 15) is 24.5 Å². The van der Waals surface area contributed by atoms with E-state index in [1.165, 1.54) is 36.3 Å². The van der Waals surface area contributed by atoms with Crippen molar-refractivity contribution in [2.45, 2.75) is 65.6 Å². The number of non-ortho nitro benzene ring substituents is 1. The predicted octanol–water partition coefficient (Wildman–Crippen LogP) is 4.26.